The Bertz CT molecular complexity index is 983. The summed E-state index contributed by atoms with van der Waals surface area (Å²) in [6.07, 6.45) is 2.89. The van der Waals surface area contributed by atoms with E-state index in [1.54, 1.807) is 25.1 Å². The number of rotatable bonds is 6. The molecule has 0 saturated carbocycles. The summed E-state index contributed by atoms with van der Waals surface area (Å²) in [5.41, 5.74) is 1.04. The van der Waals surface area contributed by atoms with Gasteiger partial charge in [-0.1, -0.05) is 23.4 Å². The molecule has 134 valence electrons. The van der Waals surface area contributed by atoms with Gasteiger partial charge in [-0.15, -0.1) is 10.2 Å². The van der Waals surface area contributed by atoms with Gasteiger partial charge in [0, 0.05) is 16.3 Å². The van der Waals surface area contributed by atoms with E-state index in [-0.39, 0.29) is 16.7 Å². The molecular formula is C16H12ClN4O4S-. The second-order valence-corrected chi connectivity index (χ2v) is 6.50. The van der Waals surface area contributed by atoms with Crippen LogP contribution < -0.4 is 5.11 Å². The molecule has 0 aliphatic heterocycles. The fourth-order valence-electron chi connectivity index (χ4n) is 2.12. The zero-order chi connectivity index (χ0) is 18.7. The molecule has 0 unspecified atom stereocenters. The van der Waals surface area contributed by atoms with Crippen LogP contribution in [0.1, 0.15) is 11.3 Å². The fourth-order valence-corrected chi connectivity index (χ4v) is 2.90. The standard InChI is InChI=1S/C16H13ClN4O4S/c1-9-12(4-5-25-9)15-19-20-16(26-8-14(23)24)21(15)18-7-10-6-11(17)2-3-13(10)22/h2-7,22H,8H2,1H3,(H,23,24)/p-1/b18-7+. The largest absolute Gasteiger partial charge is 0.549 e. The summed E-state index contributed by atoms with van der Waals surface area (Å²) in [4.78, 5) is 10.7. The minimum atomic E-state index is -1.23. The van der Waals surface area contributed by atoms with Gasteiger partial charge in [-0.3, -0.25) is 0 Å². The molecule has 0 spiro atoms. The molecule has 3 aromatic rings. The molecule has 0 aliphatic carbocycles. The first-order valence-electron chi connectivity index (χ1n) is 7.31. The number of aromatic hydroxyl groups is 1. The number of carbonyl (C=O) groups is 1. The Morgan fingerprint density at radius 3 is 2.96 bits per heavy atom. The van der Waals surface area contributed by atoms with Crippen molar-refractivity contribution in [1.82, 2.24) is 14.9 Å². The third kappa shape index (κ3) is 3.89. The van der Waals surface area contributed by atoms with Crippen LogP contribution in [0.5, 0.6) is 5.75 Å². The minimum Gasteiger partial charge on any atom is -0.549 e. The SMILES string of the molecule is Cc1occc1-c1nnc(SCC(=O)[O-])n1/N=C/c1cc(Cl)ccc1O. The number of halogens is 1. The van der Waals surface area contributed by atoms with Crippen LogP contribution in [0.25, 0.3) is 11.4 Å². The van der Waals surface area contributed by atoms with E-state index >= 15 is 0 Å². The molecule has 2 heterocycles. The number of furan rings is 1. The number of carboxylic acid groups (broad SMARTS) is 1. The van der Waals surface area contributed by atoms with Gasteiger partial charge in [-0.25, -0.2) is 0 Å². The van der Waals surface area contributed by atoms with Gasteiger partial charge in [-0.2, -0.15) is 9.78 Å². The lowest BCUT2D eigenvalue weighted by molar-refractivity contribution is -0.301. The highest BCUT2D eigenvalue weighted by molar-refractivity contribution is 7.99. The lowest BCUT2D eigenvalue weighted by Crippen LogP contribution is -2.24. The van der Waals surface area contributed by atoms with E-state index in [2.05, 4.69) is 15.3 Å². The summed E-state index contributed by atoms with van der Waals surface area (Å²) >= 11 is 6.85. The molecule has 1 aromatic carbocycles. The van der Waals surface area contributed by atoms with Gasteiger partial charge in [0.15, 0.2) is 5.82 Å². The number of aromatic nitrogens is 3. The quantitative estimate of drug-likeness (QED) is 0.504. The Labute approximate surface area is 157 Å². The van der Waals surface area contributed by atoms with Crippen molar-refractivity contribution in [3.05, 3.63) is 46.9 Å². The minimum absolute atomic E-state index is 0.00351. The van der Waals surface area contributed by atoms with E-state index in [4.69, 9.17) is 16.0 Å². The first-order valence-corrected chi connectivity index (χ1v) is 8.67. The van der Waals surface area contributed by atoms with Crippen molar-refractivity contribution in [2.24, 2.45) is 5.10 Å². The second kappa shape index (κ2) is 7.63. The molecule has 26 heavy (non-hydrogen) atoms. The summed E-state index contributed by atoms with van der Waals surface area (Å²) in [6, 6.07) is 6.24. The van der Waals surface area contributed by atoms with Crippen LogP contribution in [0.3, 0.4) is 0 Å². The van der Waals surface area contributed by atoms with E-state index in [0.717, 1.165) is 11.8 Å². The van der Waals surface area contributed by atoms with Crippen molar-refractivity contribution in [3.8, 4) is 17.1 Å². The maximum Gasteiger partial charge on any atom is 0.212 e. The number of phenolic OH excluding ortho intramolecular Hbond substituents is 1. The molecule has 0 atom stereocenters. The normalized spacial score (nSPS) is 11.3. The van der Waals surface area contributed by atoms with Crippen LogP contribution >= 0.6 is 23.4 Å². The number of hydrogen-bond donors (Lipinski definition) is 1. The monoisotopic (exact) mass is 391 g/mol. The molecule has 0 amide bonds. The van der Waals surface area contributed by atoms with Crippen molar-refractivity contribution in [2.75, 3.05) is 5.75 Å². The van der Waals surface area contributed by atoms with Crippen molar-refractivity contribution < 1.29 is 19.4 Å². The third-order valence-corrected chi connectivity index (χ3v) is 4.46. The number of hydrogen-bond acceptors (Lipinski definition) is 8. The van der Waals surface area contributed by atoms with Crippen LogP contribution in [0.15, 0.2) is 45.2 Å². The average molecular weight is 392 g/mol. The lowest BCUT2D eigenvalue weighted by Gasteiger charge is -2.05. The molecule has 1 N–H and O–H groups in total. The molecule has 2 aromatic heterocycles. The van der Waals surface area contributed by atoms with Crippen molar-refractivity contribution >= 4 is 35.5 Å². The van der Waals surface area contributed by atoms with Crippen molar-refractivity contribution in [1.29, 1.82) is 0 Å². The number of aryl methyl sites for hydroxylation is 1. The Morgan fingerprint density at radius 2 is 2.27 bits per heavy atom. The molecule has 8 nitrogen and oxygen atoms in total. The highest BCUT2D eigenvalue weighted by atomic mass is 35.5. The smallest absolute Gasteiger partial charge is 0.212 e. The number of thioether (sulfide) groups is 1. The average Bonchev–Trinajstić information content (AvgIpc) is 3.19. The van der Waals surface area contributed by atoms with Crippen LogP contribution in [0, 0.1) is 6.92 Å². The topological polar surface area (TPSA) is 117 Å². The van der Waals surface area contributed by atoms with E-state index in [0.29, 0.717) is 27.7 Å². The van der Waals surface area contributed by atoms with Gasteiger partial charge < -0.3 is 19.4 Å². The highest BCUT2D eigenvalue weighted by Gasteiger charge is 2.17. The van der Waals surface area contributed by atoms with Gasteiger partial charge in [0.05, 0.1) is 24.0 Å². The molecular weight excluding hydrogens is 380 g/mol. The first-order chi connectivity index (χ1) is 12.5. The van der Waals surface area contributed by atoms with E-state index in [1.165, 1.54) is 23.2 Å². The summed E-state index contributed by atoms with van der Waals surface area (Å²) < 4.78 is 6.64. The Balaban J connectivity index is 2.03. The zero-order valence-electron chi connectivity index (χ0n) is 13.4. The first kappa shape index (κ1) is 18.0. The van der Waals surface area contributed by atoms with Gasteiger partial charge >= 0.3 is 0 Å². The predicted octanol–water partition coefficient (Wildman–Crippen LogP) is 1.93. The van der Waals surface area contributed by atoms with Gasteiger partial charge in [0.1, 0.15) is 11.5 Å². The number of carbonyl (C=O) groups excluding carboxylic acids is 1. The van der Waals surface area contributed by atoms with Crippen molar-refractivity contribution in [3.63, 3.8) is 0 Å². The number of benzene rings is 1. The fraction of sp³-hybridized carbons (Fsp3) is 0.125. The highest BCUT2D eigenvalue weighted by Crippen LogP contribution is 2.27. The summed E-state index contributed by atoms with van der Waals surface area (Å²) in [5.74, 6) is -0.565. The summed E-state index contributed by atoms with van der Waals surface area (Å²) in [6.45, 7) is 1.76. The molecule has 0 fully saturated rings. The third-order valence-electron chi connectivity index (χ3n) is 3.33. The molecule has 0 bridgehead atoms. The number of aliphatic carboxylic acids is 1. The predicted molar refractivity (Wildman–Crippen MR) is 94.3 cm³/mol. The second-order valence-electron chi connectivity index (χ2n) is 5.12. The van der Waals surface area contributed by atoms with Crippen LogP contribution in [-0.4, -0.2) is 37.9 Å². The molecule has 10 heteroatoms. The van der Waals surface area contributed by atoms with Gasteiger partial charge in [0.2, 0.25) is 5.16 Å². The number of nitrogens with zero attached hydrogens (tertiary/aromatic N) is 4. The van der Waals surface area contributed by atoms with E-state index in [1.807, 2.05) is 0 Å². The number of phenols is 1. The molecule has 3 rings (SSSR count). The van der Waals surface area contributed by atoms with Gasteiger partial charge in [-0.05, 0) is 31.2 Å². The van der Waals surface area contributed by atoms with Crippen LogP contribution in [0.4, 0.5) is 0 Å². The van der Waals surface area contributed by atoms with E-state index in [9.17, 15) is 15.0 Å². The Kier molecular flexibility index (Phi) is 5.29. The summed E-state index contributed by atoms with van der Waals surface area (Å²) in [5, 5.41) is 33.7. The molecule has 0 aliphatic rings. The maximum absolute atomic E-state index is 10.7. The van der Waals surface area contributed by atoms with Crippen LogP contribution in [0.2, 0.25) is 5.02 Å². The van der Waals surface area contributed by atoms with E-state index < -0.39 is 5.97 Å². The van der Waals surface area contributed by atoms with Crippen LogP contribution in [-0.2, 0) is 4.79 Å². The number of carboxylic acids is 1. The zero-order valence-corrected chi connectivity index (χ0v) is 15.0. The van der Waals surface area contributed by atoms with Gasteiger partial charge in [0.25, 0.3) is 0 Å². The molecule has 0 saturated heterocycles. The Hall–Kier alpha value is -2.78. The lowest BCUT2D eigenvalue weighted by atomic mass is 10.2. The van der Waals surface area contributed by atoms with Crippen molar-refractivity contribution in [2.45, 2.75) is 12.1 Å². The summed E-state index contributed by atoms with van der Waals surface area (Å²) in [7, 11) is 0. The Morgan fingerprint density at radius 1 is 1.46 bits per heavy atom. The molecule has 0 radical (unpaired) electrons. The maximum atomic E-state index is 10.7.